The highest BCUT2D eigenvalue weighted by atomic mass is 16.2. The summed E-state index contributed by atoms with van der Waals surface area (Å²) < 4.78 is 0. The average Bonchev–Trinajstić information content (AvgIpc) is 3.38. The van der Waals surface area contributed by atoms with Gasteiger partial charge in [-0.2, -0.15) is 0 Å². The van der Waals surface area contributed by atoms with Crippen LogP contribution in [0.15, 0.2) is 4.99 Å². The van der Waals surface area contributed by atoms with Gasteiger partial charge < -0.3 is 43.8 Å². The molecule has 0 radical (unpaired) electrons. The van der Waals surface area contributed by atoms with Crippen molar-refractivity contribution in [1.29, 1.82) is 0 Å². The molecule has 0 aromatic rings. The van der Waals surface area contributed by atoms with E-state index in [2.05, 4.69) is 20.9 Å². The van der Waals surface area contributed by atoms with Gasteiger partial charge in [0.05, 0.1) is 6.04 Å². The topological polar surface area (TPSA) is 241 Å². The normalized spacial score (nSPS) is 18.7. The number of nitrogens with zero attached hydrogens (tertiary/aromatic N) is 2. The van der Waals surface area contributed by atoms with Crippen molar-refractivity contribution in [2.75, 3.05) is 13.1 Å². The summed E-state index contributed by atoms with van der Waals surface area (Å²) >= 11 is 0. The van der Waals surface area contributed by atoms with E-state index < -0.39 is 59.7 Å². The highest BCUT2D eigenvalue weighted by molar-refractivity contribution is 5.96. The van der Waals surface area contributed by atoms with Crippen LogP contribution in [0.5, 0.6) is 0 Å². The fraction of sp³-hybridized carbons (Fsp3) is 0.769. The molecule has 40 heavy (non-hydrogen) atoms. The van der Waals surface area contributed by atoms with Crippen molar-refractivity contribution in [1.82, 2.24) is 20.9 Å². The summed E-state index contributed by atoms with van der Waals surface area (Å²) in [4.78, 5) is 69.3. The van der Waals surface area contributed by atoms with Crippen molar-refractivity contribution in [2.45, 2.75) is 103 Å². The zero-order chi connectivity index (χ0) is 30.6. The number of aliphatic imine (C=N–C) groups is 1. The predicted octanol–water partition coefficient (Wildman–Crippen LogP) is -1.59. The summed E-state index contributed by atoms with van der Waals surface area (Å²) in [5.74, 6) is -3.05. The molecule has 14 nitrogen and oxygen atoms in total. The highest BCUT2D eigenvalue weighted by Crippen LogP contribution is 2.21. The average molecular weight is 568 g/mol. The summed E-state index contributed by atoms with van der Waals surface area (Å²) in [7, 11) is 0. The Morgan fingerprint density at radius 2 is 1.55 bits per heavy atom. The number of nitrogens with two attached hydrogens (primary N) is 4. The van der Waals surface area contributed by atoms with E-state index in [-0.39, 0.29) is 17.8 Å². The molecule has 0 saturated carbocycles. The van der Waals surface area contributed by atoms with Gasteiger partial charge >= 0.3 is 0 Å². The number of unbranched alkanes of at least 4 members (excludes halogenated alkanes) is 1. The second kappa shape index (κ2) is 16.6. The number of likely N-dealkylation sites (tertiary alicyclic amines) is 1. The van der Waals surface area contributed by atoms with Crippen LogP contribution in [-0.2, 0) is 24.0 Å². The molecule has 1 heterocycles. The number of amides is 5. The minimum Gasteiger partial charge on any atom is -0.370 e. The van der Waals surface area contributed by atoms with Gasteiger partial charge in [0, 0.05) is 13.1 Å². The van der Waals surface area contributed by atoms with Gasteiger partial charge in [-0.25, -0.2) is 0 Å². The number of carbonyl (C=O) groups excluding carboxylic acids is 5. The van der Waals surface area contributed by atoms with Gasteiger partial charge in [0.25, 0.3) is 0 Å². The molecule has 0 bridgehead atoms. The molecule has 0 aromatic heterocycles. The first-order chi connectivity index (χ1) is 18.7. The van der Waals surface area contributed by atoms with Crippen LogP contribution in [0, 0.1) is 11.8 Å². The fourth-order valence-corrected chi connectivity index (χ4v) is 4.40. The molecule has 0 spiro atoms. The van der Waals surface area contributed by atoms with Crippen molar-refractivity contribution in [2.24, 2.45) is 39.8 Å². The lowest BCUT2D eigenvalue weighted by atomic mass is 9.95. The highest BCUT2D eigenvalue weighted by Gasteiger charge is 2.40. The maximum absolute atomic E-state index is 13.6. The Kier molecular flexibility index (Phi) is 14.4. The van der Waals surface area contributed by atoms with E-state index >= 15 is 0 Å². The van der Waals surface area contributed by atoms with Crippen molar-refractivity contribution in [3.05, 3.63) is 0 Å². The lowest BCUT2D eigenvalue weighted by molar-refractivity contribution is -0.143. The smallest absolute Gasteiger partial charge is 0.246 e. The van der Waals surface area contributed by atoms with Gasteiger partial charge in [0.1, 0.15) is 24.2 Å². The quantitative estimate of drug-likeness (QED) is 0.0649. The number of rotatable bonds is 16. The third-order valence-corrected chi connectivity index (χ3v) is 7.20. The van der Waals surface area contributed by atoms with E-state index in [0.29, 0.717) is 51.6 Å². The molecule has 1 rings (SSSR count). The first-order valence-corrected chi connectivity index (χ1v) is 14.0. The van der Waals surface area contributed by atoms with Crippen LogP contribution in [0.3, 0.4) is 0 Å². The van der Waals surface area contributed by atoms with E-state index in [1.165, 1.54) is 11.8 Å². The van der Waals surface area contributed by atoms with Gasteiger partial charge in [-0.3, -0.25) is 29.0 Å². The van der Waals surface area contributed by atoms with E-state index in [9.17, 15) is 24.0 Å². The van der Waals surface area contributed by atoms with Gasteiger partial charge in [-0.15, -0.1) is 0 Å². The molecule has 11 N–H and O–H groups in total. The molecule has 6 atom stereocenters. The van der Waals surface area contributed by atoms with Gasteiger partial charge in [0.2, 0.25) is 29.5 Å². The zero-order valence-electron chi connectivity index (χ0n) is 24.4. The molecule has 0 aliphatic carbocycles. The van der Waals surface area contributed by atoms with Crippen LogP contribution in [0.4, 0.5) is 0 Å². The van der Waals surface area contributed by atoms with Gasteiger partial charge in [-0.05, 0) is 50.9 Å². The van der Waals surface area contributed by atoms with E-state index in [1.807, 2.05) is 13.8 Å². The minimum absolute atomic E-state index is 0.00355. The lowest BCUT2D eigenvalue weighted by Crippen LogP contribution is -2.60. The fourth-order valence-electron chi connectivity index (χ4n) is 4.40. The largest absolute Gasteiger partial charge is 0.370 e. The van der Waals surface area contributed by atoms with Crippen LogP contribution in [-0.4, -0.2) is 83.7 Å². The maximum atomic E-state index is 13.6. The van der Waals surface area contributed by atoms with Crippen LogP contribution >= 0.6 is 0 Å². The van der Waals surface area contributed by atoms with Crippen molar-refractivity contribution < 1.29 is 24.0 Å². The van der Waals surface area contributed by atoms with Gasteiger partial charge in [-0.1, -0.05) is 34.1 Å². The van der Waals surface area contributed by atoms with Gasteiger partial charge in [0.15, 0.2) is 5.96 Å². The molecular weight excluding hydrogens is 518 g/mol. The molecule has 1 aliphatic rings. The lowest BCUT2D eigenvalue weighted by Gasteiger charge is -2.32. The summed E-state index contributed by atoms with van der Waals surface area (Å²) in [6.07, 6.45) is 3.29. The monoisotopic (exact) mass is 567 g/mol. The van der Waals surface area contributed by atoms with Crippen LogP contribution in [0.25, 0.3) is 0 Å². The number of hydrogen-bond donors (Lipinski definition) is 7. The number of carbonyl (C=O) groups is 5. The SMILES string of the molecule is CCC(C)C(NC(=O)C(N)CCCCN=C(N)N)C(=O)NC(C(=O)N1CCCC1C(=O)NC(C)C(N)=O)C(C)C. The van der Waals surface area contributed by atoms with Crippen LogP contribution < -0.4 is 38.9 Å². The molecule has 5 amide bonds. The van der Waals surface area contributed by atoms with Crippen LogP contribution in [0.1, 0.15) is 73.1 Å². The van der Waals surface area contributed by atoms with E-state index in [1.54, 1.807) is 13.8 Å². The first-order valence-electron chi connectivity index (χ1n) is 14.0. The second-order valence-corrected chi connectivity index (χ2v) is 10.8. The first kappa shape index (κ1) is 34.6. The maximum Gasteiger partial charge on any atom is 0.246 e. The summed E-state index contributed by atoms with van der Waals surface area (Å²) in [5.41, 5.74) is 21.9. The Morgan fingerprint density at radius 3 is 2.10 bits per heavy atom. The molecule has 0 aromatic carbocycles. The summed E-state index contributed by atoms with van der Waals surface area (Å²) in [6.45, 7) is 9.55. The van der Waals surface area contributed by atoms with E-state index in [0.717, 1.165) is 0 Å². The molecule has 228 valence electrons. The third-order valence-electron chi connectivity index (χ3n) is 7.20. The standard InChI is InChI=1S/C26H49N9O5/c1-6-15(4)20(34-22(37)17(27)10-7-8-12-31-26(29)30)24(39)33-19(14(2)3)25(40)35-13-9-11-18(35)23(38)32-16(5)21(28)36/h14-20H,6-13,27H2,1-5H3,(H2,28,36)(H,32,38)(H,33,39)(H,34,37)(H4,29,30,31). The second-order valence-electron chi connectivity index (χ2n) is 10.8. The zero-order valence-corrected chi connectivity index (χ0v) is 24.4. The van der Waals surface area contributed by atoms with E-state index in [4.69, 9.17) is 22.9 Å². The molecular formula is C26H49N9O5. The van der Waals surface area contributed by atoms with Crippen LogP contribution in [0.2, 0.25) is 0 Å². The third kappa shape index (κ3) is 10.6. The van der Waals surface area contributed by atoms with Crippen molar-refractivity contribution in [3.63, 3.8) is 0 Å². The summed E-state index contributed by atoms with van der Waals surface area (Å²) in [5, 5.41) is 8.12. The number of nitrogens with one attached hydrogen (secondary N) is 3. The molecule has 14 heteroatoms. The molecule has 6 unspecified atom stereocenters. The Balaban J connectivity index is 2.92. The van der Waals surface area contributed by atoms with Crippen molar-refractivity contribution >= 4 is 35.5 Å². The Bertz CT molecular complexity index is 922. The van der Waals surface area contributed by atoms with Crippen molar-refractivity contribution in [3.8, 4) is 0 Å². The number of primary amides is 1. The Labute approximate surface area is 236 Å². The number of guanidine groups is 1. The number of hydrogen-bond acceptors (Lipinski definition) is 7. The Hall–Kier alpha value is -3.42. The molecule has 1 saturated heterocycles. The molecule has 1 aliphatic heterocycles. The Morgan fingerprint density at radius 1 is 0.925 bits per heavy atom. The summed E-state index contributed by atoms with van der Waals surface area (Å²) in [6, 6.07) is -4.32. The minimum atomic E-state index is -0.929. The predicted molar refractivity (Wildman–Crippen MR) is 152 cm³/mol. The molecule has 1 fully saturated rings.